The quantitative estimate of drug-likeness (QED) is 0.744. The summed E-state index contributed by atoms with van der Waals surface area (Å²) in [4.78, 5) is 0. The molecule has 1 saturated carbocycles. The van der Waals surface area contributed by atoms with Crippen molar-refractivity contribution in [2.75, 3.05) is 0 Å². The van der Waals surface area contributed by atoms with E-state index in [-0.39, 0.29) is 5.41 Å². The number of hydrogen-bond donors (Lipinski definition) is 0. The molecule has 0 aromatic heterocycles. The van der Waals surface area contributed by atoms with Crippen molar-refractivity contribution in [3.63, 3.8) is 0 Å². The molecule has 82 valence electrons. The molecule has 0 aliphatic heterocycles. The molecule has 1 aromatic rings. The van der Waals surface area contributed by atoms with Gasteiger partial charge in [-0.2, -0.15) is 5.26 Å². The summed E-state index contributed by atoms with van der Waals surface area (Å²) < 4.78 is 0. The van der Waals surface area contributed by atoms with E-state index in [4.69, 9.17) is 11.6 Å². The Hall–Kier alpha value is -1.26. The van der Waals surface area contributed by atoms with Crippen LogP contribution in [0.25, 0.3) is 6.08 Å². The molecule has 0 saturated heterocycles. The van der Waals surface area contributed by atoms with E-state index in [9.17, 15) is 5.26 Å². The van der Waals surface area contributed by atoms with E-state index in [1.807, 2.05) is 18.2 Å². The second-order valence-electron chi connectivity index (χ2n) is 4.31. The molecule has 1 aromatic carbocycles. The van der Waals surface area contributed by atoms with E-state index in [2.05, 4.69) is 12.6 Å². The Balaban J connectivity index is 2.55. The lowest BCUT2D eigenvalue weighted by atomic mass is 9.80. The van der Waals surface area contributed by atoms with Crippen LogP contribution in [0.15, 0.2) is 24.8 Å². The summed E-state index contributed by atoms with van der Waals surface area (Å²) in [7, 11) is 0. The van der Waals surface area contributed by atoms with Crippen molar-refractivity contribution in [2.24, 2.45) is 0 Å². The fourth-order valence-corrected chi connectivity index (χ4v) is 2.88. The van der Waals surface area contributed by atoms with Gasteiger partial charge in [-0.1, -0.05) is 55.3 Å². The molecule has 2 rings (SSSR count). The van der Waals surface area contributed by atoms with Gasteiger partial charge in [0, 0.05) is 0 Å². The molecule has 0 unspecified atom stereocenters. The van der Waals surface area contributed by atoms with Crippen molar-refractivity contribution < 1.29 is 0 Å². The summed E-state index contributed by atoms with van der Waals surface area (Å²) in [5, 5.41) is 10.1. The van der Waals surface area contributed by atoms with Crippen LogP contribution in [0.4, 0.5) is 0 Å². The molecule has 0 heterocycles. The van der Waals surface area contributed by atoms with Crippen LogP contribution in [0.3, 0.4) is 0 Å². The molecular formula is C14H14ClN. The van der Waals surface area contributed by atoms with E-state index >= 15 is 0 Å². The molecule has 0 amide bonds. The first-order valence-electron chi connectivity index (χ1n) is 5.56. The maximum Gasteiger partial charge on any atom is 0.0837 e. The molecule has 0 N–H and O–H groups in total. The topological polar surface area (TPSA) is 23.8 Å². The summed E-state index contributed by atoms with van der Waals surface area (Å²) >= 11 is 6.33. The van der Waals surface area contributed by atoms with Gasteiger partial charge in [0.15, 0.2) is 0 Å². The van der Waals surface area contributed by atoms with Gasteiger partial charge in [-0.15, -0.1) is 0 Å². The lowest BCUT2D eigenvalue weighted by molar-refractivity contribution is 0.573. The van der Waals surface area contributed by atoms with Gasteiger partial charge in [0.05, 0.1) is 16.5 Å². The highest BCUT2D eigenvalue weighted by Crippen LogP contribution is 2.44. The Kier molecular flexibility index (Phi) is 3.03. The smallest absolute Gasteiger partial charge is 0.0837 e. The van der Waals surface area contributed by atoms with Gasteiger partial charge in [0.1, 0.15) is 0 Å². The van der Waals surface area contributed by atoms with Crippen LogP contribution in [-0.2, 0) is 5.41 Å². The van der Waals surface area contributed by atoms with Gasteiger partial charge in [-0.05, 0) is 24.0 Å². The highest BCUT2D eigenvalue weighted by molar-refractivity contribution is 6.33. The minimum absolute atomic E-state index is 0.365. The Labute approximate surface area is 101 Å². The first kappa shape index (κ1) is 11.2. The fraction of sp³-hybridized carbons (Fsp3) is 0.357. The molecule has 1 aliphatic rings. The second-order valence-corrected chi connectivity index (χ2v) is 4.69. The summed E-state index contributed by atoms with van der Waals surface area (Å²) in [5.41, 5.74) is 1.53. The van der Waals surface area contributed by atoms with Crippen LogP contribution >= 0.6 is 11.6 Å². The third-order valence-electron chi connectivity index (χ3n) is 3.44. The summed E-state index contributed by atoms with van der Waals surface area (Å²) in [6.07, 6.45) is 5.81. The molecule has 16 heavy (non-hydrogen) atoms. The highest BCUT2D eigenvalue weighted by Gasteiger charge is 2.37. The first-order chi connectivity index (χ1) is 7.73. The number of nitriles is 1. The standard InChI is InChI=1S/C14H14ClN/c1-2-11-6-5-7-12(13(11)15)14(10-16)8-3-4-9-14/h2,5-7H,1,3-4,8-9H2. The predicted molar refractivity (Wildman–Crippen MR) is 67.3 cm³/mol. The van der Waals surface area contributed by atoms with Gasteiger partial charge in [0.2, 0.25) is 0 Å². The monoisotopic (exact) mass is 231 g/mol. The first-order valence-corrected chi connectivity index (χ1v) is 5.94. The zero-order valence-corrected chi connectivity index (χ0v) is 9.93. The normalized spacial score (nSPS) is 18.0. The van der Waals surface area contributed by atoms with Crippen LogP contribution in [0.5, 0.6) is 0 Å². The van der Waals surface area contributed by atoms with Gasteiger partial charge in [-0.3, -0.25) is 0 Å². The van der Waals surface area contributed by atoms with Crippen LogP contribution in [0.1, 0.15) is 36.8 Å². The molecular weight excluding hydrogens is 218 g/mol. The summed E-state index contributed by atoms with van der Waals surface area (Å²) in [6.45, 7) is 3.74. The van der Waals surface area contributed by atoms with Gasteiger partial charge in [-0.25, -0.2) is 0 Å². The van der Waals surface area contributed by atoms with Gasteiger partial charge in [0.25, 0.3) is 0 Å². The van der Waals surface area contributed by atoms with Crippen molar-refractivity contribution in [3.05, 3.63) is 40.9 Å². The Bertz CT molecular complexity index is 450. The number of benzene rings is 1. The van der Waals surface area contributed by atoms with E-state index in [1.54, 1.807) is 6.08 Å². The van der Waals surface area contributed by atoms with Gasteiger partial charge >= 0.3 is 0 Å². The third-order valence-corrected chi connectivity index (χ3v) is 3.86. The average molecular weight is 232 g/mol. The van der Waals surface area contributed by atoms with Crippen LogP contribution < -0.4 is 0 Å². The second kappa shape index (κ2) is 4.31. The maximum absolute atomic E-state index is 9.42. The van der Waals surface area contributed by atoms with Crippen LogP contribution in [0, 0.1) is 11.3 Å². The lowest BCUT2D eigenvalue weighted by Gasteiger charge is -2.22. The molecule has 0 bridgehead atoms. The zero-order valence-electron chi connectivity index (χ0n) is 9.17. The Morgan fingerprint density at radius 3 is 2.62 bits per heavy atom. The lowest BCUT2D eigenvalue weighted by Crippen LogP contribution is -2.20. The van der Waals surface area contributed by atoms with E-state index in [0.29, 0.717) is 5.02 Å². The Morgan fingerprint density at radius 2 is 2.06 bits per heavy atom. The number of nitrogens with zero attached hydrogens (tertiary/aromatic N) is 1. The predicted octanol–water partition coefficient (Wildman–Crippen LogP) is 4.32. The number of rotatable bonds is 2. The molecule has 2 heteroatoms. The van der Waals surface area contributed by atoms with Crippen molar-refractivity contribution in [1.82, 2.24) is 0 Å². The third kappa shape index (κ3) is 1.64. The molecule has 1 fully saturated rings. The molecule has 1 aliphatic carbocycles. The van der Waals surface area contributed by atoms with E-state index in [1.165, 1.54) is 0 Å². The molecule has 0 atom stereocenters. The molecule has 0 radical (unpaired) electrons. The maximum atomic E-state index is 9.42. The van der Waals surface area contributed by atoms with Crippen molar-refractivity contribution in [3.8, 4) is 6.07 Å². The average Bonchev–Trinajstić information content (AvgIpc) is 2.79. The van der Waals surface area contributed by atoms with Gasteiger partial charge < -0.3 is 0 Å². The van der Waals surface area contributed by atoms with E-state index < -0.39 is 0 Å². The van der Waals surface area contributed by atoms with Crippen molar-refractivity contribution >= 4 is 17.7 Å². The molecule has 1 nitrogen and oxygen atoms in total. The SMILES string of the molecule is C=Cc1cccc(C2(C#N)CCCC2)c1Cl. The number of hydrogen-bond acceptors (Lipinski definition) is 1. The summed E-state index contributed by atoms with van der Waals surface area (Å²) in [6, 6.07) is 8.33. The largest absolute Gasteiger partial charge is 0.197 e. The molecule has 0 spiro atoms. The summed E-state index contributed by atoms with van der Waals surface area (Å²) in [5.74, 6) is 0. The van der Waals surface area contributed by atoms with Crippen molar-refractivity contribution in [2.45, 2.75) is 31.1 Å². The van der Waals surface area contributed by atoms with E-state index in [0.717, 1.165) is 36.8 Å². The van der Waals surface area contributed by atoms with Crippen LogP contribution in [-0.4, -0.2) is 0 Å². The number of halogens is 1. The minimum Gasteiger partial charge on any atom is -0.197 e. The fourth-order valence-electron chi connectivity index (χ4n) is 2.50. The Morgan fingerprint density at radius 1 is 1.38 bits per heavy atom. The van der Waals surface area contributed by atoms with Crippen LogP contribution in [0.2, 0.25) is 5.02 Å². The minimum atomic E-state index is -0.365. The van der Waals surface area contributed by atoms with Crippen molar-refractivity contribution in [1.29, 1.82) is 5.26 Å². The zero-order chi connectivity index (χ0) is 11.6. The highest BCUT2D eigenvalue weighted by atomic mass is 35.5.